The molecule has 0 unspecified atom stereocenters. The second-order valence-corrected chi connectivity index (χ2v) is 18.4. The molecule has 1 aliphatic heterocycles. The Bertz CT molecular complexity index is 1570. The fourth-order valence-electron chi connectivity index (χ4n) is 7.18. The summed E-state index contributed by atoms with van der Waals surface area (Å²) in [7, 11) is -3.85. The number of likely N-dealkylation sites (tertiary alicyclic amines) is 1. The third-order valence-electron chi connectivity index (χ3n) is 10.3. The maximum absolute atomic E-state index is 14.2. The fraction of sp³-hybridized carbons (Fsp3) is 0.605. The Hall–Kier alpha value is -3.28. The van der Waals surface area contributed by atoms with Crippen LogP contribution in [0.15, 0.2) is 54.6 Å². The minimum absolute atomic E-state index is 0.0683. The Balaban J connectivity index is 1.63. The normalized spacial score (nSPS) is 22.2. The second kappa shape index (κ2) is 15.7. The van der Waals surface area contributed by atoms with Crippen LogP contribution in [0.2, 0.25) is 0 Å². The molecule has 11 heteroatoms. The first-order chi connectivity index (χ1) is 22.9. The van der Waals surface area contributed by atoms with Gasteiger partial charge >= 0.3 is 0 Å². The van der Waals surface area contributed by atoms with Crippen LogP contribution in [0.4, 0.5) is 0 Å². The Labute approximate surface area is 292 Å². The molecule has 0 spiro atoms. The van der Waals surface area contributed by atoms with Crippen molar-refractivity contribution in [2.75, 3.05) is 19.3 Å². The number of nitrogens with one attached hydrogen (secondary N) is 3. The molecule has 2 fully saturated rings. The van der Waals surface area contributed by atoms with Crippen molar-refractivity contribution >= 4 is 27.6 Å². The third kappa shape index (κ3) is 10.1. The van der Waals surface area contributed by atoms with Gasteiger partial charge in [0.1, 0.15) is 6.04 Å². The maximum atomic E-state index is 14.2. The molecule has 0 radical (unpaired) electrons. The Kier molecular flexibility index (Phi) is 12.4. The zero-order valence-corrected chi connectivity index (χ0v) is 31.0. The van der Waals surface area contributed by atoms with Gasteiger partial charge < -0.3 is 21.1 Å². The minimum atomic E-state index is -3.85. The SMILES string of the molecule is Cc1cccc(C(=O)N[C@H](C(=O)N[C@@H](Cc2ccccc2)[C@H](O)CN2C[C@H]3CCCC[C@H]3C[C@H]2C(=O)NC(C)(C)C)C(C)(C)S(C)(=O)=O)c1. The summed E-state index contributed by atoms with van der Waals surface area (Å²) in [5.41, 5.74) is 1.59. The van der Waals surface area contributed by atoms with Gasteiger partial charge in [0.25, 0.3) is 5.91 Å². The third-order valence-corrected chi connectivity index (χ3v) is 12.4. The molecule has 2 aromatic carbocycles. The van der Waals surface area contributed by atoms with Gasteiger partial charge in [-0.25, -0.2) is 8.42 Å². The summed E-state index contributed by atoms with van der Waals surface area (Å²) in [5.74, 6) is -0.485. The molecule has 3 amide bonds. The van der Waals surface area contributed by atoms with Crippen LogP contribution >= 0.6 is 0 Å². The van der Waals surface area contributed by atoms with Crippen molar-refractivity contribution in [1.82, 2.24) is 20.9 Å². The minimum Gasteiger partial charge on any atom is -0.390 e. The molecule has 6 atom stereocenters. The van der Waals surface area contributed by atoms with Crippen molar-refractivity contribution in [1.29, 1.82) is 0 Å². The summed E-state index contributed by atoms with van der Waals surface area (Å²) in [6.45, 7) is 11.3. The average molecular weight is 697 g/mol. The number of β-amino-alcohol motifs (C(OH)–C–C–N with tert-alkyl or cyclic N) is 1. The zero-order chi connectivity index (χ0) is 36.1. The summed E-state index contributed by atoms with van der Waals surface area (Å²) < 4.78 is 24.4. The molecule has 270 valence electrons. The average Bonchev–Trinajstić information content (AvgIpc) is 3.01. The lowest BCUT2D eigenvalue weighted by molar-refractivity contribution is -0.133. The smallest absolute Gasteiger partial charge is 0.251 e. The van der Waals surface area contributed by atoms with Crippen molar-refractivity contribution in [3.05, 3.63) is 71.3 Å². The molecule has 10 nitrogen and oxygen atoms in total. The molecule has 1 aliphatic carbocycles. The number of piperidine rings is 1. The molecule has 4 N–H and O–H groups in total. The van der Waals surface area contributed by atoms with E-state index in [-0.39, 0.29) is 18.9 Å². The molecule has 1 saturated heterocycles. The molecule has 1 heterocycles. The van der Waals surface area contributed by atoms with E-state index in [2.05, 4.69) is 20.9 Å². The van der Waals surface area contributed by atoms with Crippen molar-refractivity contribution in [2.24, 2.45) is 11.8 Å². The lowest BCUT2D eigenvalue weighted by Crippen LogP contribution is -2.64. The molecule has 0 aromatic heterocycles. The van der Waals surface area contributed by atoms with E-state index in [1.54, 1.807) is 18.2 Å². The van der Waals surface area contributed by atoms with E-state index < -0.39 is 56.2 Å². The highest BCUT2D eigenvalue weighted by Crippen LogP contribution is 2.39. The van der Waals surface area contributed by atoms with Crippen molar-refractivity contribution in [3.63, 3.8) is 0 Å². The van der Waals surface area contributed by atoms with Crippen LogP contribution in [0, 0.1) is 18.8 Å². The lowest BCUT2D eigenvalue weighted by atomic mass is 9.72. The number of aliphatic hydroxyl groups is 1. The van der Waals surface area contributed by atoms with Gasteiger partial charge in [0, 0.05) is 30.4 Å². The molecular formula is C38H56N4O6S. The molecule has 0 bridgehead atoms. The highest BCUT2D eigenvalue weighted by atomic mass is 32.2. The van der Waals surface area contributed by atoms with E-state index in [1.807, 2.05) is 64.1 Å². The molecule has 2 aliphatic rings. The Morgan fingerprint density at radius 3 is 2.20 bits per heavy atom. The molecular weight excluding hydrogens is 641 g/mol. The predicted molar refractivity (Wildman–Crippen MR) is 193 cm³/mol. The Morgan fingerprint density at radius 1 is 0.939 bits per heavy atom. The van der Waals surface area contributed by atoms with Crippen LogP contribution in [0.1, 0.15) is 88.2 Å². The molecule has 2 aromatic rings. The largest absolute Gasteiger partial charge is 0.390 e. The summed E-state index contributed by atoms with van der Waals surface area (Å²) in [5, 5.41) is 20.7. The fourth-order valence-corrected chi connectivity index (χ4v) is 7.78. The molecule has 1 saturated carbocycles. The highest BCUT2D eigenvalue weighted by molar-refractivity contribution is 7.92. The van der Waals surface area contributed by atoms with Crippen LogP contribution in [0.3, 0.4) is 0 Å². The van der Waals surface area contributed by atoms with Gasteiger partial charge in [-0.1, -0.05) is 67.3 Å². The lowest BCUT2D eigenvalue weighted by Gasteiger charge is -2.47. The van der Waals surface area contributed by atoms with Crippen LogP contribution in [0.5, 0.6) is 0 Å². The second-order valence-electron chi connectivity index (χ2n) is 15.8. The summed E-state index contributed by atoms with van der Waals surface area (Å²) in [4.78, 5) is 43.3. The van der Waals surface area contributed by atoms with Crippen LogP contribution in [-0.4, -0.2) is 90.0 Å². The van der Waals surface area contributed by atoms with Gasteiger partial charge in [-0.3, -0.25) is 19.3 Å². The number of benzene rings is 2. The quantitative estimate of drug-likeness (QED) is 0.264. The van der Waals surface area contributed by atoms with Crippen LogP contribution in [-0.2, 0) is 25.8 Å². The van der Waals surface area contributed by atoms with Crippen molar-refractivity contribution in [2.45, 2.75) is 115 Å². The van der Waals surface area contributed by atoms with Crippen molar-refractivity contribution < 1.29 is 27.9 Å². The number of carbonyl (C=O) groups excluding carboxylic acids is 3. The van der Waals surface area contributed by atoms with Crippen LogP contribution < -0.4 is 16.0 Å². The number of rotatable bonds is 12. The van der Waals surface area contributed by atoms with E-state index in [1.165, 1.54) is 13.8 Å². The number of aryl methyl sites for hydroxylation is 1. The van der Waals surface area contributed by atoms with Gasteiger partial charge in [0.2, 0.25) is 11.8 Å². The first-order valence-corrected chi connectivity index (χ1v) is 19.4. The monoisotopic (exact) mass is 696 g/mol. The number of amides is 3. The van der Waals surface area contributed by atoms with E-state index in [0.717, 1.165) is 43.1 Å². The van der Waals surface area contributed by atoms with Gasteiger partial charge in [-0.2, -0.15) is 0 Å². The number of nitrogens with zero attached hydrogens (tertiary/aromatic N) is 1. The number of hydrogen-bond donors (Lipinski definition) is 4. The first-order valence-electron chi connectivity index (χ1n) is 17.5. The first kappa shape index (κ1) is 38.5. The van der Waals surface area contributed by atoms with E-state index in [0.29, 0.717) is 30.4 Å². The van der Waals surface area contributed by atoms with Gasteiger partial charge in [-0.05, 0) is 90.3 Å². The number of hydrogen-bond acceptors (Lipinski definition) is 7. The maximum Gasteiger partial charge on any atom is 0.251 e. The van der Waals surface area contributed by atoms with E-state index in [9.17, 15) is 27.9 Å². The summed E-state index contributed by atoms with van der Waals surface area (Å²) in [6, 6.07) is 13.5. The molecule has 4 rings (SSSR count). The van der Waals surface area contributed by atoms with Crippen LogP contribution in [0.25, 0.3) is 0 Å². The van der Waals surface area contributed by atoms with Gasteiger partial charge in [-0.15, -0.1) is 0 Å². The molecule has 49 heavy (non-hydrogen) atoms. The number of aliphatic hydroxyl groups excluding tert-OH is 1. The van der Waals surface area contributed by atoms with Gasteiger partial charge in [0.05, 0.1) is 22.9 Å². The predicted octanol–water partition coefficient (Wildman–Crippen LogP) is 3.80. The number of fused-ring (bicyclic) bond motifs is 1. The standard InChI is InChI=1S/C38H56N4O6S/c1-25-14-13-19-28(20-25)34(44)40-33(38(5,6)49(7,47)48)36(46)39-30(21-26-15-9-8-10-16-26)32(43)24-42-23-29-18-12-11-17-27(29)22-31(42)35(45)41-37(2,3)4/h8-10,13-16,19-20,27,29-33,43H,11-12,17-18,21-24H2,1-7H3,(H,39,46)(H,40,44)(H,41,45)/t27-,29+,30-,31-,32+,33+/m0/s1. The number of sulfone groups is 1. The summed E-state index contributed by atoms with van der Waals surface area (Å²) in [6.07, 6.45) is 5.39. The topological polar surface area (TPSA) is 145 Å². The van der Waals surface area contributed by atoms with Gasteiger partial charge in [0.15, 0.2) is 9.84 Å². The van der Waals surface area contributed by atoms with E-state index in [4.69, 9.17) is 0 Å². The summed E-state index contributed by atoms with van der Waals surface area (Å²) >= 11 is 0. The van der Waals surface area contributed by atoms with E-state index >= 15 is 0 Å². The zero-order valence-electron chi connectivity index (χ0n) is 30.2. The Morgan fingerprint density at radius 2 is 1.59 bits per heavy atom. The van der Waals surface area contributed by atoms with Crippen molar-refractivity contribution in [3.8, 4) is 0 Å². The highest BCUT2D eigenvalue weighted by Gasteiger charge is 2.46. The number of carbonyl (C=O) groups is 3.